The highest BCUT2D eigenvalue weighted by molar-refractivity contribution is 9.10. The predicted octanol–water partition coefficient (Wildman–Crippen LogP) is 4.44. The Hall–Kier alpha value is -3.81. The van der Waals surface area contributed by atoms with Gasteiger partial charge in [-0.2, -0.15) is 5.26 Å². The van der Waals surface area contributed by atoms with Crippen molar-refractivity contribution in [1.29, 1.82) is 5.26 Å². The number of methoxy groups -OCH3 is 3. The second kappa shape index (κ2) is 9.21. The number of nitriles is 1. The van der Waals surface area contributed by atoms with E-state index in [4.69, 9.17) is 25.7 Å². The number of anilines is 2. The van der Waals surface area contributed by atoms with E-state index in [9.17, 15) is 10.1 Å². The maximum absolute atomic E-state index is 13.3. The van der Waals surface area contributed by atoms with Gasteiger partial charge in [0.15, 0.2) is 16.3 Å². The minimum atomic E-state index is -0.229. The minimum Gasteiger partial charge on any atom is -0.493 e. The largest absolute Gasteiger partial charge is 0.493 e. The summed E-state index contributed by atoms with van der Waals surface area (Å²) in [6.07, 6.45) is 0. The van der Waals surface area contributed by atoms with Gasteiger partial charge in [-0.3, -0.25) is 10.5 Å². The Morgan fingerprint density at radius 1 is 1.06 bits per heavy atom. The van der Waals surface area contributed by atoms with Gasteiger partial charge in [-0.05, 0) is 42.0 Å². The smallest absolute Gasteiger partial charge is 0.290 e. The number of rotatable bonds is 6. The lowest BCUT2D eigenvalue weighted by Gasteiger charge is -2.15. The van der Waals surface area contributed by atoms with Crippen LogP contribution in [0.4, 0.5) is 11.5 Å². The van der Waals surface area contributed by atoms with Crippen LogP contribution < -0.4 is 30.7 Å². The van der Waals surface area contributed by atoms with E-state index in [0.29, 0.717) is 49.0 Å². The Bertz CT molecular complexity index is 1450. The Kier molecular flexibility index (Phi) is 6.32. The third kappa shape index (κ3) is 3.79. The van der Waals surface area contributed by atoms with E-state index in [1.807, 2.05) is 0 Å². The van der Waals surface area contributed by atoms with Crippen LogP contribution in [-0.2, 0) is 0 Å². The molecule has 172 valence electrons. The highest BCUT2D eigenvalue weighted by atomic mass is 79.9. The second-order valence-corrected chi connectivity index (χ2v) is 9.14. The monoisotopic (exact) mass is 539 g/mol. The Labute approximate surface area is 207 Å². The number of aromatic nitrogens is 1. The first-order chi connectivity index (χ1) is 16.3. The Balaban J connectivity index is 2.04. The van der Waals surface area contributed by atoms with Crippen molar-refractivity contribution in [3.05, 3.63) is 56.9 Å². The van der Waals surface area contributed by atoms with Crippen molar-refractivity contribution in [1.82, 2.24) is 0 Å². The van der Waals surface area contributed by atoms with Gasteiger partial charge in [-0.15, -0.1) is 0 Å². The van der Waals surface area contributed by atoms with Gasteiger partial charge >= 0.3 is 0 Å². The van der Waals surface area contributed by atoms with E-state index in [0.717, 1.165) is 4.47 Å². The van der Waals surface area contributed by atoms with Gasteiger partial charge in [-0.1, -0.05) is 27.3 Å². The lowest BCUT2D eigenvalue weighted by molar-refractivity contribution is -0.323. The fraction of sp³-hybridized carbons (Fsp3) is 0.125. The van der Waals surface area contributed by atoms with Crippen molar-refractivity contribution in [2.45, 2.75) is 0 Å². The van der Waals surface area contributed by atoms with Crippen molar-refractivity contribution in [2.24, 2.45) is 0 Å². The fourth-order valence-electron chi connectivity index (χ4n) is 3.76. The number of nitrogens with two attached hydrogens (primary N) is 2. The van der Waals surface area contributed by atoms with Crippen LogP contribution in [0.15, 0.2) is 40.9 Å². The van der Waals surface area contributed by atoms with Crippen molar-refractivity contribution in [3.63, 3.8) is 0 Å². The number of carbonyl (C=O) groups is 1. The number of carbonyl (C=O) groups excluding carboxylic acids is 1. The molecule has 0 amide bonds. The fourth-order valence-corrected chi connectivity index (χ4v) is 5.12. The molecule has 0 aliphatic carbocycles. The maximum atomic E-state index is 13.3. The maximum Gasteiger partial charge on any atom is 0.290 e. The van der Waals surface area contributed by atoms with E-state index in [2.05, 4.69) is 27.0 Å². The molecular formula is C24H20BrN4O4S+. The number of H-pyrrole nitrogens is 1. The zero-order valence-corrected chi connectivity index (χ0v) is 20.9. The van der Waals surface area contributed by atoms with Crippen LogP contribution in [0, 0.1) is 11.3 Å². The summed E-state index contributed by atoms with van der Waals surface area (Å²) < 4.78 is 17.2. The number of pyridine rings is 1. The quantitative estimate of drug-likeness (QED) is 0.345. The number of thiophene rings is 1. The molecule has 0 radical (unpaired) electrons. The van der Waals surface area contributed by atoms with Crippen LogP contribution in [-0.4, -0.2) is 27.1 Å². The molecule has 10 heteroatoms. The standard InChI is InChI=1S/C24H19BrN4O4S/c1-31-15-8-12(9-16(32-2)21(15)33-3)17-14(10-26)23(28)29-24-18(17)19(27)22(34-24)20(30)11-4-6-13(25)7-5-11/h4-9H,27H2,1-3H3,(H2,28,29)/p+1. The van der Waals surface area contributed by atoms with E-state index in [1.54, 1.807) is 36.4 Å². The molecule has 0 spiro atoms. The molecule has 2 aromatic heterocycles. The molecule has 0 fully saturated rings. The summed E-state index contributed by atoms with van der Waals surface area (Å²) in [7, 11) is 4.51. The molecule has 2 aromatic carbocycles. The zero-order chi connectivity index (χ0) is 24.6. The van der Waals surface area contributed by atoms with E-state index in [1.165, 1.54) is 32.7 Å². The van der Waals surface area contributed by atoms with Crippen molar-refractivity contribution < 1.29 is 24.0 Å². The van der Waals surface area contributed by atoms with Gasteiger partial charge in [-0.25, -0.2) is 4.98 Å². The summed E-state index contributed by atoms with van der Waals surface area (Å²) in [4.78, 5) is 17.2. The molecule has 4 rings (SSSR count). The highest BCUT2D eigenvalue weighted by Crippen LogP contribution is 2.46. The summed E-state index contributed by atoms with van der Waals surface area (Å²) in [6, 6.07) is 12.6. The molecule has 0 atom stereocenters. The Morgan fingerprint density at radius 3 is 2.21 bits per heavy atom. The molecule has 4 aromatic rings. The summed E-state index contributed by atoms with van der Waals surface area (Å²) >= 11 is 4.56. The summed E-state index contributed by atoms with van der Waals surface area (Å²) in [5, 5.41) is 10.5. The summed E-state index contributed by atoms with van der Waals surface area (Å²) in [5.74, 6) is 1.14. The van der Waals surface area contributed by atoms with Gasteiger partial charge in [0, 0.05) is 15.6 Å². The number of ketones is 1. The molecular weight excluding hydrogens is 520 g/mol. The molecule has 34 heavy (non-hydrogen) atoms. The molecule has 0 saturated carbocycles. The van der Waals surface area contributed by atoms with Crippen molar-refractivity contribution in [3.8, 4) is 34.4 Å². The number of fused-ring (bicyclic) bond motifs is 1. The average Bonchev–Trinajstić information content (AvgIpc) is 3.17. The van der Waals surface area contributed by atoms with Gasteiger partial charge in [0.05, 0.1) is 32.4 Å². The van der Waals surface area contributed by atoms with Crippen LogP contribution in [0.1, 0.15) is 20.8 Å². The minimum absolute atomic E-state index is 0.155. The van der Waals surface area contributed by atoms with E-state index in [-0.39, 0.29) is 22.9 Å². The summed E-state index contributed by atoms with van der Waals surface area (Å²) in [5.41, 5.74) is 14.7. The van der Waals surface area contributed by atoms with Gasteiger partial charge in [0.1, 0.15) is 16.5 Å². The van der Waals surface area contributed by atoms with Crippen LogP contribution in [0.25, 0.3) is 21.3 Å². The number of hydrogen-bond acceptors (Lipinski definition) is 8. The van der Waals surface area contributed by atoms with Crippen molar-refractivity contribution >= 4 is 54.8 Å². The molecule has 0 aliphatic heterocycles. The number of nitrogens with one attached hydrogen (secondary N) is 1. The predicted molar refractivity (Wildman–Crippen MR) is 135 cm³/mol. The average molecular weight is 540 g/mol. The zero-order valence-electron chi connectivity index (χ0n) is 18.5. The molecule has 0 saturated heterocycles. The van der Waals surface area contributed by atoms with Crippen LogP contribution in [0.3, 0.4) is 0 Å². The number of hydrogen-bond donors (Lipinski definition) is 2. The third-order valence-corrected chi connectivity index (χ3v) is 6.99. The highest BCUT2D eigenvalue weighted by Gasteiger charge is 2.28. The van der Waals surface area contributed by atoms with Gasteiger partial charge in [0.2, 0.25) is 11.5 Å². The third-order valence-electron chi connectivity index (χ3n) is 5.34. The van der Waals surface area contributed by atoms with Gasteiger partial charge < -0.3 is 19.9 Å². The first-order valence-corrected chi connectivity index (χ1v) is 11.5. The van der Waals surface area contributed by atoms with Crippen molar-refractivity contribution in [2.75, 3.05) is 32.8 Å². The van der Waals surface area contributed by atoms with Crippen LogP contribution >= 0.6 is 27.3 Å². The molecule has 8 nitrogen and oxygen atoms in total. The second-order valence-electron chi connectivity index (χ2n) is 7.20. The van der Waals surface area contributed by atoms with Crippen LogP contribution in [0.5, 0.6) is 17.2 Å². The van der Waals surface area contributed by atoms with E-state index >= 15 is 0 Å². The molecule has 0 bridgehead atoms. The number of nitrogens with zero attached hydrogens (tertiary/aromatic N) is 1. The lowest BCUT2D eigenvalue weighted by Crippen LogP contribution is -2.14. The number of aromatic amines is 1. The number of benzene rings is 2. The molecule has 0 aliphatic rings. The molecule has 0 unspecified atom stereocenters. The normalized spacial score (nSPS) is 10.7. The van der Waals surface area contributed by atoms with Crippen LogP contribution in [0.2, 0.25) is 0 Å². The summed E-state index contributed by atoms with van der Waals surface area (Å²) in [6.45, 7) is 0. The number of nitrogen functional groups attached to an aromatic ring is 2. The number of halogens is 1. The first kappa shape index (κ1) is 23.4. The Morgan fingerprint density at radius 2 is 1.68 bits per heavy atom. The van der Waals surface area contributed by atoms with E-state index < -0.39 is 0 Å². The first-order valence-electron chi connectivity index (χ1n) is 9.92. The topological polar surface area (TPSA) is 135 Å². The van der Waals surface area contributed by atoms with Gasteiger partial charge in [0.25, 0.3) is 5.82 Å². The number of ether oxygens (including phenoxy) is 3. The SMILES string of the molecule is COc1cc(-c2c(C#N)c(N)[nH+]c3sc(C(=O)c4ccc(Br)cc4)c(N)c23)cc(OC)c1OC. The molecule has 5 N–H and O–H groups in total. The lowest BCUT2D eigenvalue weighted by atomic mass is 9.96. The molecule has 2 heterocycles.